The molecule has 0 radical (unpaired) electrons. The largest absolute Gasteiger partial charge is 0.434 e. The molecule has 1 N–H and O–H groups in total. The van der Waals surface area contributed by atoms with E-state index in [4.69, 9.17) is 4.52 Å². The summed E-state index contributed by atoms with van der Waals surface area (Å²) in [6.07, 6.45) is 0.506. The predicted molar refractivity (Wildman–Crippen MR) is 75.8 cm³/mol. The second-order valence-electron chi connectivity index (χ2n) is 4.43. The molecule has 122 valence electrons. The molecule has 0 amide bonds. The Labute approximate surface area is 131 Å². The van der Waals surface area contributed by atoms with Crippen LogP contribution in [0.1, 0.15) is 12.7 Å². The summed E-state index contributed by atoms with van der Waals surface area (Å²) in [5.74, 6) is -0.622. The summed E-state index contributed by atoms with van der Waals surface area (Å²) in [5, 5.41) is 6.77. The molecule has 1 heterocycles. The zero-order valence-electron chi connectivity index (χ0n) is 11.8. The topological polar surface area (TPSA) is 60.2 Å². The van der Waals surface area contributed by atoms with Gasteiger partial charge in [0, 0.05) is 18.5 Å². The average molecular weight is 338 g/mol. The summed E-state index contributed by atoms with van der Waals surface area (Å²) in [6, 6.07) is 3.33. The molecule has 2 rings (SSSR count). The number of likely N-dealkylation sites (N-methyl/N-ethyl adjacent to an activating group) is 1. The third-order valence-corrected chi connectivity index (χ3v) is 2.84. The van der Waals surface area contributed by atoms with Gasteiger partial charge in [0.2, 0.25) is 0 Å². The molecular formula is C13H15ClF3N3O2. The van der Waals surface area contributed by atoms with Gasteiger partial charge in [-0.1, -0.05) is 5.16 Å². The molecule has 0 aliphatic heterocycles. The zero-order valence-corrected chi connectivity index (χ0v) is 12.7. The van der Waals surface area contributed by atoms with Gasteiger partial charge in [-0.15, -0.1) is 12.4 Å². The SMILES string of the molecule is CNC(C)Cc1noc(-c2ccc(F)cc2OC(F)F)n1.Cl. The Morgan fingerprint density at radius 3 is 2.73 bits per heavy atom. The fourth-order valence-electron chi connectivity index (χ4n) is 1.69. The molecular weight excluding hydrogens is 323 g/mol. The smallest absolute Gasteiger partial charge is 0.387 e. The lowest BCUT2D eigenvalue weighted by molar-refractivity contribution is -0.0496. The Morgan fingerprint density at radius 2 is 2.09 bits per heavy atom. The fraction of sp³-hybridized carbons (Fsp3) is 0.385. The molecule has 0 spiro atoms. The van der Waals surface area contributed by atoms with E-state index in [1.54, 1.807) is 7.05 Å². The van der Waals surface area contributed by atoms with Crippen LogP contribution < -0.4 is 10.1 Å². The number of ether oxygens (including phenoxy) is 1. The number of nitrogens with zero attached hydrogens (tertiary/aromatic N) is 2. The van der Waals surface area contributed by atoms with E-state index in [9.17, 15) is 13.2 Å². The van der Waals surface area contributed by atoms with Crippen LogP contribution in [0.5, 0.6) is 5.75 Å². The van der Waals surface area contributed by atoms with Crippen LogP contribution in [0.2, 0.25) is 0 Å². The normalized spacial score (nSPS) is 12.1. The van der Waals surface area contributed by atoms with Crippen molar-refractivity contribution in [2.45, 2.75) is 26.0 Å². The van der Waals surface area contributed by atoms with Crippen LogP contribution in [-0.2, 0) is 6.42 Å². The van der Waals surface area contributed by atoms with Crippen molar-refractivity contribution in [1.82, 2.24) is 15.5 Å². The van der Waals surface area contributed by atoms with Crippen molar-refractivity contribution in [2.24, 2.45) is 0 Å². The summed E-state index contributed by atoms with van der Waals surface area (Å²) in [4.78, 5) is 4.10. The molecule has 0 aliphatic carbocycles. The number of halogens is 4. The highest BCUT2D eigenvalue weighted by Gasteiger charge is 2.18. The Bertz CT molecular complexity index is 610. The molecule has 22 heavy (non-hydrogen) atoms. The number of hydrogen-bond acceptors (Lipinski definition) is 5. The first kappa shape index (κ1) is 18.2. The second-order valence-corrected chi connectivity index (χ2v) is 4.43. The van der Waals surface area contributed by atoms with Crippen molar-refractivity contribution in [1.29, 1.82) is 0 Å². The minimum atomic E-state index is -3.07. The van der Waals surface area contributed by atoms with Crippen molar-refractivity contribution < 1.29 is 22.4 Å². The van der Waals surface area contributed by atoms with Crippen molar-refractivity contribution in [3.05, 3.63) is 29.8 Å². The van der Waals surface area contributed by atoms with Gasteiger partial charge in [-0.3, -0.25) is 0 Å². The van der Waals surface area contributed by atoms with E-state index in [1.165, 1.54) is 6.07 Å². The van der Waals surface area contributed by atoms with Gasteiger partial charge in [0.15, 0.2) is 5.82 Å². The van der Waals surface area contributed by atoms with E-state index >= 15 is 0 Å². The molecule has 1 unspecified atom stereocenters. The lowest BCUT2D eigenvalue weighted by Gasteiger charge is -2.07. The van der Waals surface area contributed by atoms with Crippen molar-refractivity contribution in [3.8, 4) is 17.2 Å². The molecule has 2 aromatic rings. The van der Waals surface area contributed by atoms with Gasteiger partial charge < -0.3 is 14.6 Å². The zero-order chi connectivity index (χ0) is 15.4. The molecule has 0 bridgehead atoms. The third kappa shape index (κ3) is 4.60. The maximum absolute atomic E-state index is 13.1. The first-order chi connectivity index (χ1) is 9.99. The molecule has 0 fully saturated rings. The minimum Gasteiger partial charge on any atom is -0.434 e. The van der Waals surface area contributed by atoms with E-state index in [0.29, 0.717) is 12.2 Å². The summed E-state index contributed by atoms with van der Waals surface area (Å²) >= 11 is 0. The van der Waals surface area contributed by atoms with Crippen LogP contribution in [0.4, 0.5) is 13.2 Å². The number of benzene rings is 1. The molecule has 0 aliphatic rings. The van der Waals surface area contributed by atoms with E-state index in [0.717, 1.165) is 12.1 Å². The van der Waals surface area contributed by atoms with Gasteiger partial charge in [-0.25, -0.2) is 4.39 Å². The van der Waals surface area contributed by atoms with Gasteiger partial charge >= 0.3 is 6.61 Å². The van der Waals surface area contributed by atoms with Crippen LogP contribution in [0.15, 0.2) is 22.7 Å². The summed E-state index contributed by atoms with van der Waals surface area (Å²) in [5.41, 5.74) is 0.118. The summed E-state index contributed by atoms with van der Waals surface area (Å²) in [6.45, 7) is -1.14. The van der Waals surface area contributed by atoms with Crippen molar-refractivity contribution in [3.63, 3.8) is 0 Å². The Morgan fingerprint density at radius 1 is 1.36 bits per heavy atom. The predicted octanol–water partition coefficient (Wildman–Crippen LogP) is 3.05. The maximum atomic E-state index is 13.1. The monoisotopic (exact) mass is 337 g/mol. The first-order valence-corrected chi connectivity index (χ1v) is 6.24. The molecule has 0 saturated heterocycles. The molecule has 1 aromatic heterocycles. The molecule has 1 atom stereocenters. The Kier molecular flexibility index (Phi) is 6.63. The molecule has 9 heteroatoms. The quantitative estimate of drug-likeness (QED) is 0.878. The Hall–Kier alpha value is -1.80. The van der Waals surface area contributed by atoms with E-state index in [2.05, 4.69) is 20.2 Å². The van der Waals surface area contributed by atoms with Crippen molar-refractivity contribution >= 4 is 12.4 Å². The van der Waals surface area contributed by atoms with Gasteiger partial charge in [0.1, 0.15) is 11.6 Å². The minimum absolute atomic E-state index is 0. The maximum Gasteiger partial charge on any atom is 0.387 e. The Balaban J connectivity index is 0.00000242. The van der Waals surface area contributed by atoms with Crippen molar-refractivity contribution in [2.75, 3.05) is 7.05 Å². The molecule has 1 aromatic carbocycles. The van der Waals surface area contributed by atoms with Gasteiger partial charge in [0.25, 0.3) is 5.89 Å². The lowest BCUT2D eigenvalue weighted by Crippen LogP contribution is -2.24. The fourth-order valence-corrected chi connectivity index (χ4v) is 1.69. The summed E-state index contributed by atoms with van der Waals surface area (Å²) < 4.78 is 47.1. The number of alkyl halides is 2. The van der Waals surface area contributed by atoms with E-state index in [-0.39, 0.29) is 35.7 Å². The van der Waals surface area contributed by atoms with Crippen LogP contribution in [0, 0.1) is 5.82 Å². The van der Waals surface area contributed by atoms with E-state index in [1.807, 2.05) is 6.92 Å². The number of rotatable bonds is 6. The molecule has 5 nitrogen and oxygen atoms in total. The summed E-state index contributed by atoms with van der Waals surface area (Å²) in [7, 11) is 1.79. The van der Waals surface area contributed by atoms with Crippen LogP contribution >= 0.6 is 12.4 Å². The highest BCUT2D eigenvalue weighted by atomic mass is 35.5. The van der Waals surface area contributed by atoms with Gasteiger partial charge in [0.05, 0.1) is 5.56 Å². The number of nitrogens with one attached hydrogen (secondary N) is 1. The van der Waals surface area contributed by atoms with Gasteiger partial charge in [-0.05, 0) is 26.1 Å². The standard InChI is InChI=1S/C13H14F3N3O2.ClH/c1-7(17-2)5-11-18-12(21-19-11)9-4-3-8(14)6-10(9)20-13(15)16;/h3-4,6-7,13,17H,5H2,1-2H3;1H. The highest BCUT2D eigenvalue weighted by Crippen LogP contribution is 2.30. The number of aromatic nitrogens is 2. The number of hydrogen-bond donors (Lipinski definition) is 1. The van der Waals surface area contributed by atoms with Gasteiger partial charge in [-0.2, -0.15) is 13.8 Å². The molecule has 0 saturated carbocycles. The lowest BCUT2D eigenvalue weighted by atomic mass is 10.2. The van der Waals surface area contributed by atoms with Crippen LogP contribution in [0.25, 0.3) is 11.5 Å². The highest BCUT2D eigenvalue weighted by molar-refractivity contribution is 5.85. The van der Waals surface area contributed by atoms with E-state index < -0.39 is 12.4 Å². The third-order valence-electron chi connectivity index (χ3n) is 2.84. The van der Waals surface area contributed by atoms with Crippen LogP contribution in [-0.4, -0.2) is 29.8 Å². The second kappa shape index (κ2) is 8.00. The average Bonchev–Trinajstić information content (AvgIpc) is 2.86. The first-order valence-electron chi connectivity index (χ1n) is 6.24. The van der Waals surface area contributed by atoms with Crippen LogP contribution in [0.3, 0.4) is 0 Å².